The van der Waals surface area contributed by atoms with Crippen LogP contribution in [0.3, 0.4) is 0 Å². The van der Waals surface area contributed by atoms with Gasteiger partial charge in [-0.1, -0.05) is 65.5 Å². The van der Waals surface area contributed by atoms with Crippen LogP contribution in [0.25, 0.3) is 10.4 Å². The molecule has 0 spiro atoms. The molecule has 31 heavy (non-hydrogen) atoms. The molecule has 0 aromatic heterocycles. The molecule has 4 rings (SSSR count). The molecule has 4 heteroatoms. The standard InChI is InChI=1S/C27H46O.HN3/c1-18(2)7-6-8-19(3)23-11-12-24-22-10-9-20-17-21(28)13-15-26(20,4)25(22)14-16-27(23,24)5;1-3-2/h9,18-19,21-25,28H,6-8,10-17H2,1-5H3;1H/t19-,21+,22+,23-,24+,25+,26+,27-;/m1./s1. The van der Waals surface area contributed by atoms with E-state index in [1.54, 1.807) is 10.5 Å². The molecule has 0 aromatic carbocycles. The van der Waals surface area contributed by atoms with Crippen molar-refractivity contribution in [2.45, 2.75) is 111 Å². The van der Waals surface area contributed by atoms with Crippen LogP contribution in [-0.4, -0.2) is 11.2 Å². The topological polar surface area (TPSA) is 80.5 Å². The van der Waals surface area contributed by atoms with Crippen molar-refractivity contribution in [1.82, 2.24) is 0 Å². The first-order valence-corrected chi connectivity index (χ1v) is 13.1. The van der Waals surface area contributed by atoms with Gasteiger partial charge in [0.05, 0.1) is 6.10 Å². The number of nitrogens with one attached hydrogen (secondary N) is 1. The van der Waals surface area contributed by atoms with Crippen molar-refractivity contribution in [2.24, 2.45) is 46.3 Å². The Hall–Kier alpha value is -0.990. The zero-order valence-corrected chi connectivity index (χ0v) is 20.7. The lowest BCUT2D eigenvalue weighted by Gasteiger charge is -2.58. The highest BCUT2D eigenvalue weighted by atomic mass is 16.3. The Morgan fingerprint density at radius 3 is 2.48 bits per heavy atom. The molecule has 176 valence electrons. The van der Waals surface area contributed by atoms with E-state index in [1.165, 1.54) is 57.8 Å². The summed E-state index contributed by atoms with van der Waals surface area (Å²) in [4.78, 5) is 1.75. The van der Waals surface area contributed by atoms with Gasteiger partial charge >= 0.3 is 0 Å². The maximum absolute atomic E-state index is 10.2. The van der Waals surface area contributed by atoms with Crippen molar-refractivity contribution in [1.29, 1.82) is 5.53 Å². The highest BCUT2D eigenvalue weighted by molar-refractivity contribution is 5.25. The van der Waals surface area contributed by atoms with Crippen LogP contribution in [-0.2, 0) is 0 Å². The summed E-state index contributed by atoms with van der Waals surface area (Å²) in [5.74, 6) is 5.46. The Bertz CT molecular complexity index is 682. The number of nitrogens with zero attached hydrogens (tertiary/aromatic N) is 2. The third kappa shape index (κ3) is 4.71. The van der Waals surface area contributed by atoms with E-state index in [4.69, 9.17) is 11.1 Å². The van der Waals surface area contributed by atoms with Gasteiger partial charge in [-0.05, 0) is 108 Å². The van der Waals surface area contributed by atoms with E-state index < -0.39 is 0 Å². The number of hydrogen-bond donors (Lipinski definition) is 2. The maximum Gasteiger partial charge on any atom is 0.0577 e. The summed E-state index contributed by atoms with van der Waals surface area (Å²) >= 11 is 0. The smallest absolute Gasteiger partial charge is 0.0577 e. The van der Waals surface area contributed by atoms with Gasteiger partial charge in [-0.3, -0.25) is 0 Å². The molecule has 0 bridgehead atoms. The first-order chi connectivity index (χ1) is 14.7. The molecule has 4 aliphatic carbocycles. The van der Waals surface area contributed by atoms with Crippen LogP contribution in [0.2, 0.25) is 0 Å². The van der Waals surface area contributed by atoms with Gasteiger partial charge in [0.2, 0.25) is 0 Å². The van der Waals surface area contributed by atoms with Crippen LogP contribution in [0.4, 0.5) is 0 Å². The zero-order chi connectivity index (χ0) is 22.8. The Morgan fingerprint density at radius 2 is 1.81 bits per heavy atom. The monoisotopic (exact) mass is 429 g/mol. The van der Waals surface area contributed by atoms with Crippen LogP contribution in [0.1, 0.15) is 105 Å². The Kier molecular flexibility index (Phi) is 7.85. The van der Waals surface area contributed by atoms with Gasteiger partial charge in [0.1, 0.15) is 0 Å². The molecule has 2 N–H and O–H groups in total. The Labute approximate surface area is 190 Å². The van der Waals surface area contributed by atoms with E-state index in [0.29, 0.717) is 10.8 Å². The number of allylic oxidation sites excluding steroid dienone is 1. The molecular weight excluding hydrogens is 382 g/mol. The summed E-state index contributed by atoms with van der Waals surface area (Å²) in [5.41, 5.74) is 14.9. The van der Waals surface area contributed by atoms with Crippen LogP contribution < -0.4 is 0 Å². The minimum Gasteiger partial charge on any atom is -0.393 e. The third-order valence-corrected chi connectivity index (χ3v) is 10.3. The molecule has 0 saturated heterocycles. The van der Waals surface area contributed by atoms with Crippen molar-refractivity contribution < 1.29 is 5.11 Å². The minimum absolute atomic E-state index is 0.0766. The Balaban J connectivity index is 0.000000858. The molecule has 0 unspecified atom stereocenters. The normalized spacial score (nSPS) is 42.3. The fraction of sp³-hybridized carbons (Fsp3) is 0.926. The third-order valence-electron chi connectivity index (χ3n) is 10.3. The lowest BCUT2D eigenvalue weighted by molar-refractivity contribution is -0.0573. The average molecular weight is 430 g/mol. The largest absolute Gasteiger partial charge is 0.393 e. The quantitative estimate of drug-likeness (QED) is 0.196. The number of aliphatic hydroxyl groups is 1. The number of hydrogen-bond acceptors (Lipinski definition) is 2. The van der Waals surface area contributed by atoms with Gasteiger partial charge in [0, 0.05) is 0 Å². The first-order valence-electron chi connectivity index (χ1n) is 13.1. The molecule has 0 aliphatic heterocycles. The molecule has 0 amide bonds. The van der Waals surface area contributed by atoms with Crippen molar-refractivity contribution in [3.8, 4) is 0 Å². The molecule has 8 atom stereocenters. The number of rotatable bonds is 5. The van der Waals surface area contributed by atoms with E-state index in [-0.39, 0.29) is 6.10 Å². The molecule has 0 heterocycles. The van der Waals surface area contributed by atoms with E-state index in [0.717, 1.165) is 48.3 Å². The van der Waals surface area contributed by atoms with Crippen molar-refractivity contribution >= 4 is 0 Å². The van der Waals surface area contributed by atoms with Crippen LogP contribution in [0.15, 0.2) is 11.6 Å². The SMILES string of the molecule is CC(C)CCC[C@@H](C)[C@H]1CC[C@H]2[C@@H]3CC=C4C[C@@H](O)CC[C@]4(C)[C@H]3CC[C@]12C.[N-]=[N+]=N. The summed E-state index contributed by atoms with van der Waals surface area (Å²) < 4.78 is 0. The van der Waals surface area contributed by atoms with Gasteiger partial charge in [0.25, 0.3) is 0 Å². The highest BCUT2D eigenvalue weighted by Gasteiger charge is 2.59. The molecule has 4 aliphatic rings. The molecule has 0 radical (unpaired) electrons. The Morgan fingerprint density at radius 1 is 1.10 bits per heavy atom. The summed E-state index contributed by atoms with van der Waals surface area (Å²) in [6.45, 7) is 12.6. The predicted octanol–water partition coefficient (Wildman–Crippen LogP) is 8.26. The van der Waals surface area contributed by atoms with Crippen LogP contribution >= 0.6 is 0 Å². The first kappa shape index (κ1) is 24.6. The van der Waals surface area contributed by atoms with Crippen LogP contribution in [0, 0.1) is 51.9 Å². The van der Waals surface area contributed by atoms with Crippen LogP contribution in [0.5, 0.6) is 0 Å². The summed E-state index contributed by atoms with van der Waals surface area (Å²) in [6, 6.07) is 0. The van der Waals surface area contributed by atoms with Gasteiger partial charge in [-0.2, -0.15) is 0 Å². The predicted molar refractivity (Wildman–Crippen MR) is 128 cm³/mol. The van der Waals surface area contributed by atoms with Gasteiger partial charge in [-0.15, -0.1) is 5.53 Å². The fourth-order valence-corrected chi connectivity index (χ4v) is 8.67. The molecule has 4 nitrogen and oxygen atoms in total. The summed E-state index contributed by atoms with van der Waals surface area (Å²) in [5, 5.41) is 10.2. The lowest BCUT2D eigenvalue weighted by atomic mass is 9.47. The van der Waals surface area contributed by atoms with E-state index in [2.05, 4.69) is 40.7 Å². The molecular formula is C27H47N3O. The lowest BCUT2D eigenvalue weighted by Crippen LogP contribution is -2.50. The highest BCUT2D eigenvalue weighted by Crippen LogP contribution is 2.67. The van der Waals surface area contributed by atoms with E-state index in [9.17, 15) is 5.11 Å². The second kappa shape index (κ2) is 9.87. The molecule has 0 aromatic rings. The van der Waals surface area contributed by atoms with Gasteiger partial charge in [0.15, 0.2) is 0 Å². The second-order valence-corrected chi connectivity index (χ2v) is 12.3. The fourth-order valence-electron chi connectivity index (χ4n) is 8.67. The maximum atomic E-state index is 10.2. The van der Waals surface area contributed by atoms with Gasteiger partial charge in [-0.25, -0.2) is 0 Å². The molecule has 3 saturated carbocycles. The minimum atomic E-state index is -0.0766. The molecule has 3 fully saturated rings. The van der Waals surface area contributed by atoms with E-state index >= 15 is 0 Å². The van der Waals surface area contributed by atoms with Crippen molar-refractivity contribution in [3.05, 3.63) is 22.1 Å². The number of aliphatic hydroxyl groups excluding tert-OH is 1. The number of fused-ring (bicyclic) bond motifs is 5. The van der Waals surface area contributed by atoms with E-state index in [1.807, 2.05) is 0 Å². The summed E-state index contributed by atoms with van der Waals surface area (Å²) in [7, 11) is 0. The summed E-state index contributed by atoms with van der Waals surface area (Å²) in [6.07, 6.45) is 17.2. The zero-order valence-electron chi connectivity index (χ0n) is 20.7. The second-order valence-electron chi connectivity index (χ2n) is 12.3. The average Bonchev–Trinajstić information content (AvgIpc) is 3.06. The van der Waals surface area contributed by atoms with Crippen molar-refractivity contribution in [3.63, 3.8) is 0 Å². The van der Waals surface area contributed by atoms with Crippen molar-refractivity contribution in [2.75, 3.05) is 0 Å². The van der Waals surface area contributed by atoms with Gasteiger partial charge < -0.3 is 5.11 Å².